The van der Waals surface area contributed by atoms with Crippen molar-refractivity contribution in [2.45, 2.75) is 38.8 Å². The number of urea groups is 1. The molecule has 1 fully saturated rings. The SMILES string of the molecule is CC(C)CC(NC(=O)CN1C(=O)NC(C)(c2ccc(C#N)cc2)C1=O)c1ccccc1. The fourth-order valence-electron chi connectivity index (χ4n) is 3.73. The second kappa shape index (κ2) is 9.00. The molecule has 7 nitrogen and oxygen atoms in total. The average molecular weight is 418 g/mol. The highest BCUT2D eigenvalue weighted by Crippen LogP contribution is 2.29. The molecule has 4 amide bonds. The monoisotopic (exact) mass is 418 g/mol. The molecule has 2 N–H and O–H groups in total. The Bertz CT molecular complexity index is 1010. The molecule has 1 heterocycles. The van der Waals surface area contributed by atoms with Gasteiger partial charge in [0.15, 0.2) is 0 Å². The Hall–Kier alpha value is -3.66. The summed E-state index contributed by atoms with van der Waals surface area (Å²) < 4.78 is 0. The minimum Gasteiger partial charge on any atom is -0.348 e. The van der Waals surface area contributed by atoms with Crippen molar-refractivity contribution in [1.29, 1.82) is 5.26 Å². The molecule has 2 atom stereocenters. The number of rotatable bonds is 7. The lowest BCUT2D eigenvalue weighted by molar-refractivity contribution is -0.135. The second-order valence-electron chi connectivity index (χ2n) is 8.30. The zero-order chi connectivity index (χ0) is 22.6. The molecule has 0 aliphatic carbocycles. The maximum absolute atomic E-state index is 13.1. The van der Waals surface area contributed by atoms with E-state index in [1.807, 2.05) is 36.4 Å². The molecular formula is C24H26N4O3. The highest BCUT2D eigenvalue weighted by Gasteiger charge is 2.49. The largest absolute Gasteiger partial charge is 0.348 e. The summed E-state index contributed by atoms with van der Waals surface area (Å²) >= 11 is 0. The summed E-state index contributed by atoms with van der Waals surface area (Å²) in [5.41, 5.74) is 0.693. The van der Waals surface area contributed by atoms with Crippen molar-refractivity contribution >= 4 is 17.8 Å². The summed E-state index contributed by atoms with van der Waals surface area (Å²) in [5.74, 6) is -0.554. The Morgan fingerprint density at radius 2 is 1.77 bits per heavy atom. The van der Waals surface area contributed by atoms with Crippen LogP contribution in [0.5, 0.6) is 0 Å². The molecule has 160 valence electrons. The van der Waals surface area contributed by atoms with Gasteiger partial charge in [-0.05, 0) is 42.5 Å². The third-order valence-corrected chi connectivity index (χ3v) is 5.41. The molecule has 2 aromatic carbocycles. The van der Waals surface area contributed by atoms with Crippen LogP contribution in [0.4, 0.5) is 4.79 Å². The standard InChI is InChI=1S/C24H26N4O3/c1-16(2)13-20(18-7-5-4-6-8-18)26-21(29)15-28-22(30)24(3,27-23(28)31)19-11-9-17(14-25)10-12-19/h4-12,16,20H,13,15H2,1-3H3,(H,26,29)(H,27,31). The van der Waals surface area contributed by atoms with Crippen LogP contribution in [0.1, 0.15) is 49.9 Å². The van der Waals surface area contributed by atoms with Crippen LogP contribution in [0.3, 0.4) is 0 Å². The molecule has 1 saturated heterocycles. The van der Waals surface area contributed by atoms with Gasteiger partial charge >= 0.3 is 6.03 Å². The van der Waals surface area contributed by atoms with Crippen LogP contribution in [0.15, 0.2) is 54.6 Å². The molecule has 2 aromatic rings. The zero-order valence-electron chi connectivity index (χ0n) is 17.9. The van der Waals surface area contributed by atoms with Crippen LogP contribution < -0.4 is 10.6 Å². The van der Waals surface area contributed by atoms with E-state index in [-0.39, 0.29) is 12.6 Å². The van der Waals surface area contributed by atoms with E-state index in [1.165, 1.54) is 0 Å². The van der Waals surface area contributed by atoms with E-state index in [0.29, 0.717) is 17.0 Å². The number of carbonyl (C=O) groups excluding carboxylic acids is 3. The van der Waals surface area contributed by atoms with E-state index in [2.05, 4.69) is 24.5 Å². The highest BCUT2D eigenvalue weighted by atomic mass is 16.2. The van der Waals surface area contributed by atoms with E-state index in [0.717, 1.165) is 16.9 Å². The number of carbonyl (C=O) groups is 3. The van der Waals surface area contributed by atoms with E-state index in [4.69, 9.17) is 5.26 Å². The lowest BCUT2D eigenvalue weighted by atomic mass is 9.91. The molecule has 1 aliphatic rings. The van der Waals surface area contributed by atoms with E-state index in [9.17, 15) is 14.4 Å². The third kappa shape index (κ3) is 4.75. The summed E-state index contributed by atoms with van der Waals surface area (Å²) in [7, 11) is 0. The van der Waals surface area contributed by atoms with Gasteiger partial charge in [0, 0.05) is 0 Å². The van der Waals surface area contributed by atoms with Crippen LogP contribution in [-0.4, -0.2) is 29.3 Å². The van der Waals surface area contributed by atoms with Crippen molar-refractivity contribution in [3.05, 3.63) is 71.3 Å². The maximum Gasteiger partial charge on any atom is 0.325 e. The molecule has 7 heteroatoms. The topological polar surface area (TPSA) is 102 Å². The fraction of sp³-hybridized carbons (Fsp3) is 0.333. The first-order valence-corrected chi connectivity index (χ1v) is 10.2. The molecule has 0 aromatic heterocycles. The summed E-state index contributed by atoms with van der Waals surface area (Å²) in [5, 5.41) is 14.6. The number of nitrogens with one attached hydrogen (secondary N) is 2. The number of nitrogens with zero attached hydrogens (tertiary/aromatic N) is 2. The number of benzene rings is 2. The number of nitriles is 1. The number of amides is 4. The van der Waals surface area contributed by atoms with Gasteiger partial charge in [-0.1, -0.05) is 56.3 Å². The number of imide groups is 1. The summed E-state index contributed by atoms with van der Waals surface area (Å²) in [6.45, 7) is 5.38. The average Bonchev–Trinajstić information content (AvgIpc) is 2.97. The fourth-order valence-corrected chi connectivity index (χ4v) is 3.73. The number of hydrogen-bond donors (Lipinski definition) is 2. The van der Waals surface area contributed by atoms with Gasteiger partial charge in [0.05, 0.1) is 17.7 Å². The lowest BCUT2D eigenvalue weighted by Crippen LogP contribution is -2.44. The van der Waals surface area contributed by atoms with Gasteiger partial charge in [0.1, 0.15) is 12.1 Å². The zero-order valence-corrected chi connectivity index (χ0v) is 17.9. The Morgan fingerprint density at radius 3 is 2.35 bits per heavy atom. The van der Waals surface area contributed by atoms with Crippen molar-refractivity contribution in [2.75, 3.05) is 6.54 Å². The molecular weight excluding hydrogens is 392 g/mol. The molecule has 3 rings (SSSR count). The Kier molecular flexibility index (Phi) is 6.40. The maximum atomic E-state index is 13.1. The molecule has 1 aliphatic heterocycles. The molecule has 0 radical (unpaired) electrons. The van der Waals surface area contributed by atoms with Gasteiger partial charge in [-0.25, -0.2) is 4.79 Å². The first-order valence-electron chi connectivity index (χ1n) is 10.2. The van der Waals surface area contributed by atoms with Crippen LogP contribution in [0, 0.1) is 17.2 Å². The Morgan fingerprint density at radius 1 is 1.13 bits per heavy atom. The minimum absolute atomic E-state index is 0.209. The quantitative estimate of drug-likeness (QED) is 0.674. The number of hydrogen-bond acceptors (Lipinski definition) is 4. The molecule has 0 spiro atoms. The molecule has 31 heavy (non-hydrogen) atoms. The van der Waals surface area contributed by atoms with Crippen molar-refractivity contribution < 1.29 is 14.4 Å². The Balaban J connectivity index is 1.74. The van der Waals surface area contributed by atoms with E-state index < -0.39 is 23.4 Å². The van der Waals surface area contributed by atoms with Gasteiger partial charge in [-0.3, -0.25) is 14.5 Å². The van der Waals surface area contributed by atoms with E-state index >= 15 is 0 Å². The van der Waals surface area contributed by atoms with Gasteiger partial charge in [-0.2, -0.15) is 5.26 Å². The van der Waals surface area contributed by atoms with Crippen molar-refractivity contribution in [2.24, 2.45) is 5.92 Å². The summed E-state index contributed by atoms with van der Waals surface area (Å²) in [4.78, 5) is 39.3. The lowest BCUT2D eigenvalue weighted by Gasteiger charge is -2.24. The Labute approximate surface area is 182 Å². The third-order valence-electron chi connectivity index (χ3n) is 5.41. The van der Waals surface area contributed by atoms with Gasteiger partial charge in [0.25, 0.3) is 5.91 Å². The molecule has 2 unspecified atom stereocenters. The second-order valence-corrected chi connectivity index (χ2v) is 8.30. The first-order chi connectivity index (χ1) is 14.7. The van der Waals surface area contributed by atoms with Gasteiger partial charge in [-0.15, -0.1) is 0 Å². The normalized spacial score (nSPS) is 19.1. The van der Waals surface area contributed by atoms with E-state index in [1.54, 1.807) is 31.2 Å². The first kappa shape index (κ1) is 22.0. The van der Waals surface area contributed by atoms with Crippen molar-refractivity contribution in [3.8, 4) is 6.07 Å². The predicted octanol–water partition coefficient (Wildman–Crippen LogP) is 3.23. The smallest absolute Gasteiger partial charge is 0.325 e. The van der Waals surface area contributed by atoms with Gasteiger partial charge in [0.2, 0.25) is 5.91 Å². The van der Waals surface area contributed by atoms with Gasteiger partial charge < -0.3 is 10.6 Å². The van der Waals surface area contributed by atoms with Crippen LogP contribution >= 0.6 is 0 Å². The summed E-state index contributed by atoms with van der Waals surface area (Å²) in [6, 6.07) is 17.3. The summed E-state index contributed by atoms with van der Waals surface area (Å²) in [6.07, 6.45) is 0.735. The van der Waals surface area contributed by atoms with Crippen molar-refractivity contribution in [1.82, 2.24) is 15.5 Å². The molecule has 0 bridgehead atoms. The van der Waals surface area contributed by atoms with Crippen LogP contribution in [0.25, 0.3) is 0 Å². The van der Waals surface area contributed by atoms with Crippen LogP contribution in [-0.2, 0) is 15.1 Å². The highest BCUT2D eigenvalue weighted by molar-refractivity contribution is 6.09. The van der Waals surface area contributed by atoms with Crippen LogP contribution in [0.2, 0.25) is 0 Å². The van der Waals surface area contributed by atoms with Crippen molar-refractivity contribution in [3.63, 3.8) is 0 Å². The predicted molar refractivity (Wildman–Crippen MR) is 116 cm³/mol. The molecule has 0 saturated carbocycles. The minimum atomic E-state index is -1.29.